The average Bonchev–Trinajstić information content (AvgIpc) is 3.94. The fourth-order valence-corrected chi connectivity index (χ4v) is 8.73. The Kier molecular flexibility index (Phi) is 6.10. The van der Waals surface area contributed by atoms with Gasteiger partial charge in [-0.25, -0.2) is 9.80 Å². The number of hydrogen-bond donors (Lipinski definition) is 0. The number of anilines is 2. The number of imide groups is 2. The lowest BCUT2D eigenvalue weighted by molar-refractivity contribution is -0.124. The molecule has 0 unspecified atom stereocenters. The summed E-state index contributed by atoms with van der Waals surface area (Å²) in [7, 11) is 0. The molecule has 4 amide bonds. The molecule has 2 heterocycles. The molecule has 12 heteroatoms. The van der Waals surface area contributed by atoms with Crippen LogP contribution in [0.15, 0.2) is 72.8 Å². The molecule has 4 fully saturated rings. The molecule has 6 aliphatic rings. The summed E-state index contributed by atoms with van der Waals surface area (Å²) in [6.45, 7) is 0. The van der Waals surface area contributed by atoms with Crippen molar-refractivity contribution in [1.82, 2.24) is 0 Å². The second-order valence-corrected chi connectivity index (χ2v) is 13.1. The van der Waals surface area contributed by atoms with Crippen LogP contribution in [0.4, 0.5) is 28.9 Å². The summed E-state index contributed by atoms with van der Waals surface area (Å²) in [5.74, 6) is -16.1. The first-order valence-corrected chi connectivity index (χ1v) is 15.7. The third kappa shape index (κ3) is 3.76. The zero-order chi connectivity index (χ0) is 33.2. The van der Waals surface area contributed by atoms with Gasteiger partial charge in [-0.05, 0) is 60.8 Å². The highest BCUT2D eigenvalue weighted by Gasteiger charge is 2.61. The number of benzene rings is 3. The minimum atomic E-state index is -1.94. The van der Waals surface area contributed by atoms with Crippen LogP contribution in [0.25, 0.3) is 0 Å². The molecule has 3 aromatic rings. The van der Waals surface area contributed by atoms with E-state index in [0.29, 0.717) is 12.8 Å². The largest absolute Gasteiger partial charge is 0.449 e. The number of para-hydroxylation sites is 4. The van der Waals surface area contributed by atoms with Crippen molar-refractivity contribution in [3.05, 3.63) is 96.1 Å². The Bertz CT molecular complexity index is 1830. The maximum absolute atomic E-state index is 15.6. The number of allylic oxidation sites excluding steroid dienone is 4. The monoisotopic (exact) mass is 656 g/mol. The first-order valence-electron chi connectivity index (χ1n) is 15.7. The van der Waals surface area contributed by atoms with Gasteiger partial charge < -0.3 is 9.47 Å². The van der Waals surface area contributed by atoms with Crippen molar-refractivity contribution < 1.29 is 46.2 Å². The average molecular weight is 657 g/mol. The Morgan fingerprint density at radius 1 is 0.479 bits per heavy atom. The summed E-state index contributed by atoms with van der Waals surface area (Å²) in [5, 5.41) is 0. The summed E-state index contributed by atoms with van der Waals surface area (Å²) in [6, 6.07) is 10.9. The minimum absolute atomic E-state index is 0.0984. The van der Waals surface area contributed by atoms with Gasteiger partial charge in [0.25, 0.3) is 0 Å². The summed E-state index contributed by atoms with van der Waals surface area (Å²) in [5.41, 5.74) is -0.243. The number of carbonyl (C=O) groups is 4. The number of rotatable bonds is 6. The number of fused-ring (bicyclic) bond motifs is 10. The van der Waals surface area contributed by atoms with Gasteiger partial charge >= 0.3 is 0 Å². The van der Waals surface area contributed by atoms with Crippen molar-refractivity contribution in [3.63, 3.8) is 0 Å². The molecule has 0 N–H and O–H groups in total. The molecule has 9 rings (SSSR count). The fourth-order valence-electron chi connectivity index (χ4n) is 8.73. The fraction of sp³-hybridized carbons (Fsp3) is 0.278. The number of amides is 4. The Morgan fingerprint density at radius 3 is 1.08 bits per heavy atom. The van der Waals surface area contributed by atoms with E-state index in [1.54, 1.807) is 0 Å². The Morgan fingerprint density at radius 2 is 0.771 bits per heavy atom. The summed E-state index contributed by atoms with van der Waals surface area (Å²) in [4.78, 5) is 55.4. The van der Waals surface area contributed by atoms with Crippen molar-refractivity contribution in [3.8, 4) is 23.0 Å². The number of carbonyl (C=O) groups excluding carboxylic acids is 4. The zero-order valence-electron chi connectivity index (χ0n) is 24.8. The van der Waals surface area contributed by atoms with Crippen LogP contribution < -0.4 is 19.3 Å². The van der Waals surface area contributed by atoms with Crippen molar-refractivity contribution >= 4 is 35.0 Å². The van der Waals surface area contributed by atoms with Gasteiger partial charge in [0.2, 0.25) is 58.4 Å². The van der Waals surface area contributed by atoms with E-state index in [0.717, 1.165) is 9.80 Å². The van der Waals surface area contributed by atoms with Gasteiger partial charge in [-0.2, -0.15) is 17.6 Å². The van der Waals surface area contributed by atoms with E-state index in [1.807, 2.05) is 24.3 Å². The molecule has 2 aliphatic heterocycles. The molecule has 0 spiro atoms. The number of halogens is 4. The smallest absolute Gasteiger partial charge is 0.238 e. The first-order chi connectivity index (χ1) is 23.2. The molecule has 8 atom stereocenters. The Labute approximate surface area is 270 Å². The van der Waals surface area contributed by atoms with Crippen molar-refractivity contribution in [2.75, 3.05) is 9.80 Å². The van der Waals surface area contributed by atoms with Crippen molar-refractivity contribution in [1.29, 1.82) is 0 Å². The van der Waals surface area contributed by atoms with Crippen LogP contribution in [-0.4, -0.2) is 23.6 Å². The molecular formula is C36H24F4N2O6. The quantitative estimate of drug-likeness (QED) is 0.131. The van der Waals surface area contributed by atoms with Crippen LogP contribution in [0.3, 0.4) is 0 Å². The maximum atomic E-state index is 15.6. The van der Waals surface area contributed by atoms with Gasteiger partial charge in [0.05, 0.1) is 35.0 Å². The lowest BCUT2D eigenvalue weighted by atomic mass is 9.85. The van der Waals surface area contributed by atoms with Crippen LogP contribution in [0.5, 0.6) is 23.0 Å². The molecule has 4 bridgehead atoms. The molecule has 48 heavy (non-hydrogen) atoms. The topological polar surface area (TPSA) is 93.2 Å². The highest BCUT2D eigenvalue weighted by molar-refractivity contribution is 6.24. The predicted octanol–water partition coefficient (Wildman–Crippen LogP) is 6.45. The van der Waals surface area contributed by atoms with E-state index in [2.05, 4.69) is 0 Å². The number of hydrogen-bond acceptors (Lipinski definition) is 6. The lowest BCUT2D eigenvalue weighted by Gasteiger charge is -2.22. The SMILES string of the molecule is O=C1[C@@H]2[C@H](C(=O)N1c1ccccc1Oc1c(F)c(F)c(Oc3ccccc3N3C(=O)[C@@H]4[C@H](C3=O)[C@@H]3C=C[C@H]4C3)c(F)c1F)[C@@H]1C=C[C@H]2C1. The van der Waals surface area contributed by atoms with Gasteiger partial charge in [0, 0.05) is 0 Å². The molecule has 0 aromatic heterocycles. The minimum Gasteiger partial charge on any atom is -0.449 e. The standard InChI is InChI=1S/C36H24F4N2O6/c37-27-29(39)32(48-22-8-4-2-6-20(22)42-35(45)25-17-11-12-18(14-17)26(25)36(42)46)30(40)28(38)31(27)47-21-7-3-1-5-19(21)41-33(43)23-15-9-10-16(13-15)24(23)34(41)44/h1-12,15-18,23-26H,13-14H2/t15-,16+,17-,18+,23-,24+,25-,26+. The van der Waals surface area contributed by atoms with Crippen LogP contribution in [0.2, 0.25) is 0 Å². The highest BCUT2D eigenvalue weighted by atomic mass is 19.2. The third-order valence-electron chi connectivity index (χ3n) is 10.8. The maximum Gasteiger partial charge on any atom is 0.238 e. The lowest BCUT2D eigenvalue weighted by Crippen LogP contribution is -2.33. The molecule has 4 aliphatic carbocycles. The molecular weight excluding hydrogens is 632 g/mol. The van der Waals surface area contributed by atoms with E-state index in [-0.39, 0.29) is 46.5 Å². The van der Waals surface area contributed by atoms with E-state index < -0.39 is 82.1 Å². The van der Waals surface area contributed by atoms with Gasteiger partial charge in [-0.15, -0.1) is 0 Å². The zero-order valence-corrected chi connectivity index (χ0v) is 24.8. The van der Waals surface area contributed by atoms with E-state index in [1.165, 1.54) is 48.5 Å². The van der Waals surface area contributed by atoms with Crippen LogP contribution in [0.1, 0.15) is 12.8 Å². The first kappa shape index (κ1) is 28.9. The summed E-state index contributed by atoms with van der Waals surface area (Å²) < 4.78 is 73.0. The molecule has 0 radical (unpaired) electrons. The van der Waals surface area contributed by atoms with E-state index >= 15 is 17.6 Å². The number of ether oxygens (including phenoxy) is 2. The molecule has 3 aromatic carbocycles. The Balaban J connectivity index is 1.03. The molecule has 2 saturated carbocycles. The summed E-state index contributed by atoms with van der Waals surface area (Å²) in [6.07, 6.45) is 9.03. The molecule has 8 nitrogen and oxygen atoms in total. The van der Waals surface area contributed by atoms with Crippen LogP contribution in [-0.2, 0) is 19.2 Å². The second-order valence-electron chi connectivity index (χ2n) is 13.1. The van der Waals surface area contributed by atoms with Crippen LogP contribution in [0, 0.1) is 70.6 Å². The van der Waals surface area contributed by atoms with Gasteiger partial charge in [-0.3, -0.25) is 19.2 Å². The second kappa shape index (κ2) is 10.1. The molecule has 242 valence electrons. The van der Waals surface area contributed by atoms with Crippen molar-refractivity contribution in [2.45, 2.75) is 12.8 Å². The highest BCUT2D eigenvalue weighted by Crippen LogP contribution is 2.56. The van der Waals surface area contributed by atoms with E-state index in [9.17, 15) is 19.2 Å². The molecule has 2 saturated heterocycles. The van der Waals surface area contributed by atoms with Gasteiger partial charge in [-0.1, -0.05) is 48.6 Å². The third-order valence-corrected chi connectivity index (χ3v) is 10.8. The summed E-state index contributed by atoms with van der Waals surface area (Å²) >= 11 is 0. The predicted molar refractivity (Wildman–Crippen MR) is 160 cm³/mol. The Hall–Kier alpha value is -5.26. The van der Waals surface area contributed by atoms with Gasteiger partial charge in [0.1, 0.15) is 0 Å². The van der Waals surface area contributed by atoms with E-state index in [4.69, 9.17) is 9.47 Å². The van der Waals surface area contributed by atoms with Crippen molar-refractivity contribution in [2.24, 2.45) is 47.3 Å². The van der Waals surface area contributed by atoms with Gasteiger partial charge in [0.15, 0.2) is 11.5 Å². The number of nitrogens with zero attached hydrogens (tertiary/aromatic N) is 2. The van der Waals surface area contributed by atoms with Crippen LogP contribution >= 0.6 is 0 Å². The normalized spacial score (nSPS) is 30.7.